The van der Waals surface area contributed by atoms with Gasteiger partial charge in [-0.1, -0.05) is 24.6 Å². The van der Waals surface area contributed by atoms with E-state index in [1.807, 2.05) is 13.0 Å². The SMILES string of the molecule is Cc1cc2c(cc1/C=C(/C#N)C(=O)Nc1cccc(Cl)c1)[C@@H](C)CC(C)(C)N2C(C)C. The summed E-state index contributed by atoms with van der Waals surface area (Å²) in [6, 6.07) is 13.7. The second kappa shape index (κ2) is 8.77. The van der Waals surface area contributed by atoms with Gasteiger partial charge in [0.2, 0.25) is 0 Å². The molecule has 0 bridgehead atoms. The van der Waals surface area contributed by atoms with E-state index in [0.717, 1.165) is 17.5 Å². The highest BCUT2D eigenvalue weighted by atomic mass is 35.5. The first-order valence-corrected chi connectivity index (χ1v) is 11.0. The van der Waals surface area contributed by atoms with E-state index in [1.165, 1.54) is 11.3 Å². The Balaban J connectivity index is 1.99. The molecule has 0 saturated carbocycles. The maximum Gasteiger partial charge on any atom is 0.266 e. The number of nitrogens with zero attached hydrogens (tertiary/aromatic N) is 2. The highest BCUT2D eigenvalue weighted by Gasteiger charge is 2.37. The third-order valence-electron chi connectivity index (χ3n) is 5.93. The number of carbonyl (C=O) groups is 1. The van der Waals surface area contributed by atoms with Crippen molar-refractivity contribution in [3.8, 4) is 6.07 Å². The van der Waals surface area contributed by atoms with Crippen LogP contribution in [0.4, 0.5) is 11.4 Å². The van der Waals surface area contributed by atoms with Crippen LogP contribution in [0.25, 0.3) is 6.08 Å². The lowest BCUT2D eigenvalue weighted by Crippen LogP contribution is -2.51. The summed E-state index contributed by atoms with van der Waals surface area (Å²) < 4.78 is 0. The summed E-state index contributed by atoms with van der Waals surface area (Å²) in [7, 11) is 0. The van der Waals surface area contributed by atoms with Crippen molar-refractivity contribution in [1.82, 2.24) is 0 Å². The number of hydrogen-bond donors (Lipinski definition) is 1. The molecular formula is C26H30ClN3O. The molecule has 1 N–H and O–H groups in total. The lowest BCUT2D eigenvalue weighted by atomic mass is 9.78. The molecule has 0 fully saturated rings. The van der Waals surface area contributed by atoms with Gasteiger partial charge >= 0.3 is 0 Å². The van der Waals surface area contributed by atoms with E-state index in [2.05, 4.69) is 57.0 Å². The number of nitriles is 1. The van der Waals surface area contributed by atoms with E-state index < -0.39 is 5.91 Å². The molecule has 0 aliphatic carbocycles. The Morgan fingerprint density at radius 2 is 2.03 bits per heavy atom. The zero-order chi connectivity index (χ0) is 22.9. The van der Waals surface area contributed by atoms with Gasteiger partial charge < -0.3 is 10.2 Å². The minimum Gasteiger partial charge on any atom is -0.364 e. The number of aryl methyl sites for hydroxylation is 1. The predicted octanol–water partition coefficient (Wildman–Crippen LogP) is 6.69. The average molecular weight is 436 g/mol. The second-order valence-electron chi connectivity index (χ2n) is 9.28. The van der Waals surface area contributed by atoms with Crippen LogP contribution in [0.3, 0.4) is 0 Å². The lowest BCUT2D eigenvalue weighted by molar-refractivity contribution is -0.112. The summed E-state index contributed by atoms with van der Waals surface area (Å²) in [5.74, 6) is -0.0570. The molecule has 2 aromatic rings. The van der Waals surface area contributed by atoms with Crippen molar-refractivity contribution in [2.75, 3.05) is 10.2 Å². The van der Waals surface area contributed by atoms with Gasteiger partial charge in [0.05, 0.1) is 0 Å². The normalized spacial score (nSPS) is 17.8. The molecule has 5 heteroatoms. The summed E-state index contributed by atoms with van der Waals surface area (Å²) in [5, 5.41) is 12.9. The molecule has 4 nitrogen and oxygen atoms in total. The number of hydrogen-bond acceptors (Lipinski definition) is 3. The number of amides is 1. The van der Waals surface area contributed by atoms with Crippen LogP contribution < -0.4 is 10.2 Å². The highest BCUT2D eigenvalue weighted by Crippen LogP contribution is 2.45. The molecule has 0 spiro atoms. The molecule has 0 saturated heterocycles. The summed E-state index contributed by atoms with van der Waals surface area (Å²) in [4.78, 5) is 15.2. The third-order valence-corrected chi connectivity index (χ3v) is 6.16. The van der Waals surface area contributed by atoms with Crippen molar-refractivity contribution in [3.63, 3.8) is 0 Å². The van der Waals surface area contributed by atoms with E-state index in [0.29, 0.717) is 22.7 Å². The minimum atomic E-state index is -0.445. The van der Waals surface area contributed by atoms with Crippen LogP contribution in [0.1, 0.15) is 63.6 Å². The fraction of sp³-hybridized carbons (Fsp3) is 0.385. The average Bonchev–Trinajstić information content (AvgIpc) is 2.65. The third kappa shape index (κ3) is 4.78. The van der Waals surface area contributed by atoms with Crippen LogP contribution in [0.5, 0.6) is 0 Å². The molecule has 3 rings (SSSR count). The fourth-order valence-corrected chi connectivity index (χ4v) is 5.01. The minimum absolute atomic E-state index is 0.0625. The Morgan fingerprint density at radius 1 is 1.32 bits per heavy atom. The lowest BCUT2D eigenvalue weighted by Gasteiger charge is -2.50. The van der Waals surface area contributed by atoms with Gasteiger partial charge in [-0.25, -0.2) is 0 Å². The van der Waals surface area contributed by atoms with Gasteiger partial charge in [0.25, 0.3) is 5.91 Å². The number of benzene rings is 2. The molecule has 162 valence electrons. The van der Waals surface area contributed by atoms with Crippen LogP contribution in [0.15, 0.2) is 42.0 Å². The van der Waals surface area contributed by atoms with E-state index in [1.54, 1.807) is 30.3 Å². The number of nitrogens with one attached hydrogen (secondary N) is 1. The predicted molar refractivity (Wildman–Crippen MR) is 130 cm³/mol. The molecule has 31 heavy (non-hydrogen) atoms. The first-order valence-electron chi connectivity index (χ1n) is 10.7. The molecule has 0 aromatic heterocycles. The summed E-state index contributed by atoms with van der Waals surface area (Å²) in [6.07, 6.45) is 2.73. The fourth-order valence-electron chi connectivity index (χ4n) is 4.82. The molecule has 1 aliphatic rings. The zero-order valence-electron chi connectivity index (χ0n) is 19.1. The topological polar surface area (TPSA) is 56.1 Å². The Kier molecular flexibility index (Phi) is 6.48. The molecule has 2 aromatic carbocycles. The van der Waals surface area contributed by atoms with Gasteiger partial charge in [-0.2, -0.15) is 5.26 Å². The molecule has 1 amide bonds. The van der Waals surface area contributed by atoms with Crippen molar-refractivity contribution < 1.29 is 4.79 Å². The maximum atomic E-state index is 12.7. The molecule has 1 heterocycles. The van der Waals surface area contributed by atoms with E-state index in [9.17, 15) is 10.1 Å². The van der Waals surface area contributed by atoms with Crippen LogP contribution >= 0.6 is 11.6 Å². The number of halogens is 1. The Morgan fingerprint density at radius 3 is 2.65 bits per heavy atom. The van der Waals surface area contributed by atoms with Gasteiger partial charge in [-0.3, -0.25) is 4.79 Å². The Bertz CT molecular complexity index is 1080. The molecule has 1 atom stereocenters. The van der Waals surface area contributed by atoms with E-state index in [4.69, 9.17) is 11.6 Å². The van der Waals surface area contributed by atoms with Crippen molar-refractivity contribution in [2.45, 2.75) is 65.5 Å². The van der Waals surface area contributed by atoms with E-state index >= 15 is 0 Å². The van der Waals surface area contributed by atoms with Gasteiger partial charge in [0.1, 0.15) is 11.6 Å². The second-order valence-corrected chi connectivity index (χ2v) is 9.72. The summed E-state index contributed by atoms with van der Waals surface area (Å²) in [5.41, 5.74) is 5.13. The van der Waals surface area contributed by atoms with Crippen LogP contribution in [0.2, 0.25) is 5.02 Å². The summed E-state index contributed by atoms with van der Waals surface area (Å²) in [6.45, 7) is 13.3. The van der Waals surface area contributed by atoms with Crippen molar-refractivity contribution in [2.24, 2.45) is 0 Å². The number of carbonyl (C=O) groups excluding carboxylic acids is 1. The maximum absolute atomic E-state index is 12.7. The zero-order valence-corrected chi connectivity index (χ0v) is 19.8. The first-order chi connectivity index (χ1) is 14.5. The number of fused-ring (bicyclic) bond motifs is 1. The van der Waals surface area contributed by atoms with Crippen LogP contribution in [-0.4, -0.2) is 17.5 Å². The van der Waals surface area contributed by atoms with Gasteiger partial charge in [0, 0.05) is 28.0 Å². The first kappa shape index (κ1) is 22.9. The highest BCUT2D eigenvalue weighted by molar-refractivity contribution is 6.31. The standard InChI is InChI=1S/C26H30ClN3O/c1-16(2)30-24-10-17(3)19(12-23(24)18(4)14-26(30,5)6)11-20(15-28)25(31)29-22-9-7-8-21(27)13-22/h7-13,16,18H,14H2,1-6H3,(H,29,31)/b20-11-/t18-/m0/s1. The van der Waals surface area contributed by atoms with Gasteiger partial charge in [-0.15, -0.1) is 0 Å². The monoisotopic (exact) mass is 435 g/mol. The molecule has 0 radical (unpaired) electrons. The van der Waals surface area contributed by atoms with Crippen molar-refractivity contribution >= 4 is 35.0 Å². The molecular weight excluding hydrogens is 406 g/mol. The number of rotatable bonds is 4. The van der Waals surface area contributed by atoms with Crippen LogP contribution in [0, 0.1) is 18.3 Å². The smallest absolute Gasteiger partial charge is 0.266 e. The summed E-state index contributed by atoms with van der Waals surface area (Å²) >= 11 is 5.99. The molecule has 1 aliphatic heterocycles. The van der Waals surface area contributed by atoms with Crippen molar-refractivity contribution in [3.05, 3.63) is 63.7 Å². The Hall–Kier alpha value is -2.77. The van der Waals surface area contributed by atoms with E-state index in [-0.39, 0.29) is 11.1 Å². The van der Waals surface area contributed by atoms with Gasteiger partial charge in [-0.05, 0) is 100 Å². The largest absolute Gasteiger partial charge is 0.364 e. The Labute approximate surface area is 190 Å². The van der Waals surface area contributed by atoms with Gasteiger partial charge in [0.15, 0.2) is 0 Å². The molecule has 0 unspecified atom stereocenters. The number of anilines is 2. The quantitative estimate of drug-likeness (QED) is 0.429. The van der Waals surface area contributed by atoms with Crippen LogP contribution in [-0.2, 0) is 4.79 Å². The van der Waals surface area contributed by atoms with Crippen molar-refractivity contribution in [1.29, 1.82) is 5.26 Å².